The zero-order valence-electron chi connectivity index (χ0n) is 28.2. The van der Waals surface area contributed by atoms with Crippen LogP contribution in [0.2, 0.25) is 0 Å². The van der Waals surface area contributed by atoms with Gasteiger partial charge in [-0.3, -0.25) is 4.57 Å². The fourth-order valence-electron chi connectivity index (χ4n) is 8.44. The van der Waals surface area contributed by atoms with Crippen LogP contribution in [0.15, 0.2) is 168 Å². The Hall–Kier alpha value is -6.82. The lowest BCUT2D eigenvalue weighted by molar-refractivity contribution is 0.651. The van der Waals surface area contributed by atoms with E-state index in [0.29, 0.717) is 11.7 Å². The Morgan fingerprint density at radius 2 is 1.13 bits per heavy atom. The molecule has 0 aliphatic heterocycles. The van der Waals surface area contributed by atoms with Crippen molar-refractivity contribution in [3.8, 4) is 28.3 Å². The molecule has 0 spiro atoms. The largest absolute Gasteiger partial charge is 0.437 e. The van der Waals surface area contributed by atoms with Crippen LogP contribution in [0, 0.1) is 0 Å². The maximum atomic E-state index is 6.55. The summed E-state index contributed by atoms with van der Waals surface area (Å²) in [5.74, 6) is 0.585. The number of thiophene rings is 1. The van der Waals surface area contributed by atoms with Gasteiger partial charge >= 0.3 is 0 Å². The Bertz CT molecular complexity index is 3460. The number of hydrogen-bond acceptors (Lipinski definition) is 4. The van der Waals surface area contributed by atoms with Crippen molar-refractivity contribution in [2.45, 2.75) is 0 Å². The number of hydrogen-bond donors (Lipinski definition) is 0. The van der Waals surface area contributed by atoms with E-state index in [1.165, 1.54) is 58.1 Å². The van der Waals surface area contributed by atoms with Crippen LogP contribution in [0.1, 0.15) is 0 Å². The molecule has 4 aromatic heterocycles. The van der Waals surface area contributed by atoms with Gasteiger partial charge in [-0.25, -0.2) is 4.98 Å². The van der Waals surface area contributed by atoms with Gasteiger partial charge in [-0.2, -0.15) is 4.98 Å². The molecular formula is C48H27N3OS. The highest BCUT2D eigenvalue weighted by atomic mass is 32.1. The molecule has 12 rings (SSSR count). The molecule has 0 fully saturated rings. The summed E-state index contributed by atoms with van der Waals surface area (Å²) in [4.78, 5) is 10.8. The molecule has 4 nitrogen and oxygen atoms in total. The van der Waals surface area contributed by atoms with Crippen molar-refractivity contribution < 1.29 is 4.42 Å². The Morgan fingerprint density at radius 3 is 2.00 bits per heavy atom. The summed E-state index contributed by atoms with van der Waals surface area (Å²) in [6.07, 6.45) is 0. The zero-order valence-corrected chi connectivity index (χ0v) is 29.1. The third kappa shape index (κ3) is 4.11. The van der Waals surface area contributed by atoms with Gasteiger partial charge in [0.1, 0.15) is 5.58 Å². The highest BCUT2D eigenvalue weighted by Gasteiger charge is 2.25. The van der Waals surface area contributed by atoms with Crippen molar-refractivity contribution in [2.75, 3.05) is 0 Å². The highest BCUT2D eigenvalue weighted by Crippen LogP contribution is 2.48. The van der Waals surface area contributed by atoms with E-state index in [4.69, 9.17) is 14.4 Å². The van der Waals surface area contributed by atoms with Gasteiger partial charge < -0.3 is 4.42 Å². The molecule has 8 aromatic carbocycles. The minimum atomic E-state index is 0.572. The number of fused-ring (bicyclic) bond motifs is 14. The van der Waals surface area contributed by atoms with Crippen molar-refractivity contribution in [1.82, 2.24) is 14.5 Å². The van der Waals surface area contributed by atoms with Gasteiger partial charge in [-0.1, -0.05) is 140 Å². The molecule has 0 aliphatic rings. The molecular weight excluding hydrogens is 667 g/mol. The predicted molar refractivity (Wildman–Crippen MR) is 222 cm³/mol. The van der Waals surface area contributed by atoms with Gasteiger partial charge in [0.2, 0.25) is 11.7 Å². The lowest BCUT2D eigenvalue weighted by atomic mass is 9.99. The van der Waals surface area contributed by atoms with Crippen LogP contribution >= 0.6 is 11.3 Å². The molecule has 5 heteroatoms. The molecule has 12 aromatic rings. The number of para-hydroxylation sites is 2. The number of nitrogens with zero attached hydrogens (tertiary/aromatic N) is 3. The van der Waals surface area contributed by atoms with Crippen molar-refractivity contribution in [3.05, 3.63) is 164 Å². The average molecular weight is 694 g/mol. The summed E-state index contributed by atoms with van der Waals surface area (Å²) in [5.41, 5.74) is 7.72. The fraction of sp³-hybridized carbons (Fsp3) is 0. The molecule has 0 saturated carbocycles. The first-order chi connectivity index (χ1) is 26.3. The number of furan rings is 1. The van der Waals surface area contributed by atoms with Crippen LogP contribution in [0.4, 0.5) is 0 Å². The summed E-state index contributed by atoms with van der Waals surface area (Å²) >= 11 is 1.86. The molecule has 0 radical (unpaired) electrons. The molecule has 4 heterocycles. The number of aromatic nitrogens is 3. The molecule has 0 saturated heterocycles. The molecule has 246 valence electrons. The molecule has 0 N–H and O–H groups in total. The van der Waals surface area contributed by atoms with Crippen LogP contribution in [0.3, 0.4) is 0 Å². The second-order valence-corrected chi connectivity index (χ2v) is 14.8. The first kappa shape index (κ1) is 28.8. The molecule has 0 bridgehead atoms. The molecule has 0 aliphatic carbocycles. The number of benzene rings is 8. The van der Waals surface area contributed by atoms with Gasteiger partial charge in [0, 0.05) is 47.3 Å². The summed E-state index contributed by atoms with van der Waals surface area (Å²) in [6, 6.07) is 58.2. The third-order valence-electron chi connectivity index (χ3n) is 10.8. The third-order valence-corrected chi connectivity index (χ3v) is 12.0. The van der Waals surface area contributed by atoms with E-state index in [9.17, 15) is 0 Å². The SMILES string of the molecule is c1ccc2cc(-c3ccc(-c4nc(-n5c6ccccc6c6c7sc8ccccc8c7c7ccccc7c65)nc5oc6ccccc6c45)cc3)ccc2c1. The molecule has 0 unspecified atom stereocenters. The van der Waals surface area contributed by atoms with E-state index in [0.717, 1.165) is 44.2 Å². The van der Waals surface area contributed by atoms with E-state index < -0.39 is 0 Å². The topological polar surface area (TPSA) is 43.9 Å². The minimum absolute atomic E-state index is 0.572. The standard InChI is InChI=1S/C48H27N3OS/c1-2-12-31-27-32(26-23-28(31)11-1)29-21-24-30(25-22-29)44-42-36-16-6-9-19-39(36)52-47(42)50-48(49-44)51-38-18-8-5-15-35(38)43-45(51)34-14-4-3-13-33(34)41-37-17-7-10-20-40(37)53-46(41)43/h1-27H. The Kier molecular flexibility index (Phi) is 5.90. The van der Waals surface area contributed by atoms with Gasteiger partial charge in [-0.15, -0.1) is 11.3 Å². The molecule has 53 heavy (non-hydrogen) atoms. The van der Waals surface area contributed by atoms with Gasteiger partial charge in [0.15, 0.2) is 0 Å². The zero-order chi connectivity index (χ0) is 34.6. The maximum absolute atomic E-state index is 6.55. The van der Waals surface area contributed by atoms with Crippen LogP contribution in [-0.2, 0) is 0 Å². The number of rotatable bonds is 3. The van der Waals surface area contributed by atoms with Crippen LogP contribution < -0.4 is 0 Å². The first-order valence-electron chi connectivity index (χ1n) is 17.8. The lowest BCUT2D eigenvalue weighted by Crippen LogP contribution is -2.03. The maximum Gasteiger partial charge on any atom is 0.238 e. The lowest BCUT2D eigenvalue weighted by Gasteiger charge is -2.12. The Balaban J connectivity index is 1.16. The smallest absolute Gasteiger partial charge is 0.238 e. The summed E-state index contributed by atoms with van der Waals surface area (Å²) in [7, 11) is 0. The summed E-state index contributed by atoms with van der Waals surface area (Å²) in [6.45, 7) is 0. The predicted octanol–water partition coefficient (Wildman–Crippen LogP) is 13.5. The van der Waals surface area contributed by atoms with E-state index in [1.807, 2.05) is 29.5 Å². The quantitative estimate of drug-likeness (QED) is 0.185. The van der Waals surface area contributed by atoms with Crippen LogP contribution in [0.25, 0.3) is 114 Å². The second-order valence-electron chi connectivity index (χ2n) is 13.7. The van der Waals surface area contributed by atoms with Crippen molar-refractivity contribution in [1.29, 1.82) is 0 Å². The van der Waals surface area contributed by atoms with Crippen molar-refractivity contribution >= 4 is 96.9 Å². The summed E-state index contributed by atoms with van der Waals surface area (Å²) in [5, 5.41) is 11.8. The van der Waals surface area contributed by atoms with Gasteiger partial charge in [-0.05, 0) is 51.6 Å². The fourth-order valence-corrected chi connectivity index (χ4v) is 9.72. The first-order valence-corrected chi connectivity index (χ1v) is 18.6. The molecule has 0 amide bonds. The average Bonchev–Trinajstić information content (AvgIpc) is 3.90. The van der Waals surface area contributed by atoms with Crippen LogP contribution in [-0.4, -0.2) is 14.5 Å². The van der Waals surface area contributed by atoms with Crippen molar-refractivity contribution in [3.63, 3.8) is 0 Å². The normalized spacial score (nSPS) is 12.2. The van der Waals surface area contributed by atoms with Crippen LogP contribution in [0.5, 0.6) is 0 Å². The minimum Gasteiger partial charge on any atom is -0.437 e. The Labute approximate surface area is 306 Å². The highest BCUT2D eigenvalue weighted by molar-refractivity contribution is 7.27. The monoisotopic (exact) mass is 693 g/mol. The van der Waals surface area contributed by atoms with E-state index in [1.54, 1.807) is 0 Å². The Morgan fingerprint density at radius 1 is 0.472 bits per heavy atom. The van der Waals surface area contributed by atoms with Gasteiger partial charge in [0.05, 0.1) is 22.1 Å². The summed E-state index contributed by atoms with van der Waals surface area (Å²) < 4.78 is 11.4. The van der Waals surface area contributed by atoms with Gasteiger partial charge in [0.25, 0.3) is 0 Å². The second kappa shape index (κ2) is 10.8. The van der Waals surface area contributed by atoms with E-state index >= 15 is 0 Å². The molecule has 0 atom stereocenters. The van der Waals surface area contributed by atoms with E-state index in [-0.39, 0.29) is 0 Å². The van der Waals surface area contributed by atoms with Crippen molar-refractivity contribution in [2.24, 2.45) is 0 Å². The van der Waals surface area contributed by atoms with E-state index in [2.05, 4.69) is 150 Å².